The van der Waals surface area contributed by atoms with Gasteiger partial charge in [-0.1, -0.05) is 30.3 Å². The molecule has 0 spiro atoms. The highest BCUT2D eigenvalue weighted by Crippen LogP contribution is 2.35. The van der Waals surface area contributed by atoms with Gasteiger partial charge in [-0.2, -0.15) is 5.10 Å². The van der Waals surface area contributed by atoms with Crippen LogP contribution in [0.3, 0.4) is 0 Å². The first-order valence-electron chi connectivity index (χ1n) is 39.1. The number of aromatic nitrogens is 16. The zero-order valence-electron chi connectivity index (χ0n) is 68.6. The SMILES string of the molecule is Cc1cc(-c2nc3cnc(C4CCN(CCOCCNC(=O)CCNC(=O)c5nc(NC(=O)c6cc(NC(=O)CCNC(=O)c7nc(NC(=O)CCCNC(=O)c8cc(NC(=O)c9nc(NC(=O)CCNC(=O)c%10cc(NC(=O)c%11nccn%11C)cn%10C)cn9C)cn8C)cn7C)cn6C)cn5C)CC4)cc3n2[C@@H](C)c2ccccc2)nn(C)c1=O. The topological polar surface area (TPSA) is 484 Å². The molecule has 10 aromatic heterocycles. The number of carbonyl (C=O) groups excluding carboxylic acids is 11. The summed E-state index contributed by atoms with van der Waals surface area (Å²) in [5.41, 5.74) is 6.38. The van der Waals surface area contributed by atoms with Crippen molar-refractivity contribution in [1.29, 1.82) is 0 Å². The number of amides is 11. The van der Waals surface area contributed by atoms with E-state index in [1.54, 1.807) is 86.3 Å². The summed E-state index contributed by atoms with van der Waals surface area (Å²) in [7, 11) is 12.9. The minimum Gasteiger partial charge on any atom is -0.378 e. The average molecular weight is 1660 g/mol. The number of rotatable bonds is 36. The Morgan fingerprint density at radius 1 is 0.479 bits per heavy atom. The molecule has 1 aliphatic heterocycles. The van der Waals surface area contributed by atoms with E-state index in [0.717, 1.165) is 54.8 Å². The summed E-state index contributed by atoms with van der Waals surface area (Å²) >= 11 is 0. The summed E-state index contributed by atoms with van der Waals surface area (Å²) in [6, 6.07) is 18.5. The number of hydrogen-bond acceptors (Lipinski definition) is 21. The van der Waals surface area contributed by atoms with Gasteiger partial charge in [0.15, 0.2) is 29.1 Å². The molecule has 41 nitrogen and oxygen atoms in total. The van der Waals surface area contributed by atoms with Gasteiger partial charge in [-0.3, -0.25) is 62.5 Å². The first-order chi connectivity index (χ1) is 58.0. The van der Waals surface area contributed by atoms with E-state index >= 15 is 0 Å². The van der Waals surface area contributed by atoms with Crippen LogP contribution < -0.4 is 64.0 Å². The second-order valence-electron chi connectivity index (χ2n) is 29.3. The lowest BCUT2D eigenvalue weighted by Crippen LogP contribution is -2.36. The second-order valence-corrected chi connectivity index (χ2v) is 29.3. The number of likely N-dealkylation sites (tertiary alicyclic amines) is 1. The van der Waals surface area contributed by atoms with Crippen molar-refractivity contribution in [3.63, 3.8) is 0 Å². The highest BCUT2D eigenvalue weighted by atomic mass is 16.5. The van der Waals surface area contributed by atoms with Crippen molar-refractivity contribution in [3.8, 4) is 11.5 Å². The third-order valence-electron chi connectivity index (χ3n) is 20.2. The summed E-state index contributed by atoms with van der Waals surface area (Å²) in [4.78, 5) is 185. The van der Waals surface area contributed by atoms with Crippen LogP contribution >= 0.6 is 0 Å². The summed E-state index contributed by atoms with van der Waals surface area (Å²) in [6.45, 7) is 7.47. The van der Waals surface area contributed by atoms with Crippen LogP contribution in [0.15, 0.2) is 121 Å². The van der Waals surface area contributed by atoms with Crippen LogP contribution in [0.2, 0.25) is 0 Å². The predicted octanol–water partition coefficient (Wildman–Crippen LogP) is 3.61. The van der Waals surface area contributed by atoms with Gasteiger partial charge in [0.2, 0.25) is 41.1 Å². The van der Waals surface area contributed by atoms with Crippen molar-refractivity contribution >= 4 is 111 Å². The van der Waals surface area contributed by atoms with E-state index in [4.69, 9.17) is 14.7 Å². The van der Waals surface area contributed by atoms with Gasteiger partial charge in [0.1, 0.15) is 28.3 Å². The second kappa shape index (κ2) is 38.7. The Balaban J connectivity index is 0.491. The third kappa shape index (κ3) is 21.6. The lowest BCUT2D eigenvalue weighted by Gasteiger charge is -2.31. The van der Waals surface area contributed by atoms with Crippen molar-refractivity contribution < 1.29 is 57.5 Å². The fourth-order valence-corrected chi connectivity index (χ4v) is 13.9. The van der Waals surface area contributed by atoms with Gasteiger partial charge in [0.25, 0.3) is 46.9 Å². The fraction of sp³-hybridized carbons (Fsp3) is 0.362. The van der Waals surface area contributed by atoms with Crippen LogP contribution in [-0.4, -0.2) is 212 Å². The van der Waals surface area contributed by atoms with Crippen LogP contribution in [0.1, 0.15) is 155 Å². The maximum atomic E-state index is 13.4. The smallest absolute Gasteiger partial charge is 0.291 e. The molecule has 41 heteroatoms. The van der Waals surface area contributed by atoms with E-state index in [-0.39, 0.29) is 157 Å². The van der Waals surface area contributed by atoms with E-state index in [1.165, 1.54) is 87.5 Å². The number of pyridine rings is 1. The molecule has 11 N–H and O–H groups in total. The number of piperidine rings is 1. The lowest BCUT2D eigenvalue weighted by atomic mass is 9.93. The number of nitrogens with one attached hydrogen (secondary N) is 11. The molecule has 121 heavy (non-hydrogen) atoms. The number of benzene rings is 1. The van der Waals surface area contributed by atoms with Gasteiger partial charge >= 0.3 is 0 Å². The molecule has 1 saturated heterocycles. The number of carbonyl (C=O) groups is 11. The number of ether oxygens (including phenoxy) is 1. The van der Waals surface area contributed by atoms with Crippen LogP contribution in [0, 0.1) is 6.92 Å². The van der Waals surface area contributed by atoms with Crippen LogP contribution in [0.4, 0.5) is 34.5 Å². The van der Waals surface area contributed by atoms with E-state index in [1.807, 2.05) is 24.4 Å². The van der Waals surface area contributed by atoms with Crippen molar-refractivity contribution in [2.45, 2.75) is 70.8 Å². The molecule has 11 amide bonds. The zero-order chi connectivity index (χ0) is 86.3. The first kappa shape index (κ1) is 85.8. The van der Waals surface area contributed by atoms with Gasteiger partial charge in [-0.25, -0.2) is 29.6 Å². The lowest BCUT2D eigenvalue weighted by molar-refractivity contribution is -0.121. The Kier molecular flexibility index (Phi) is 27.5. The molecular weight excluding hydrogens is 1560 g/mol. The van der Waals surface area contributed by atoms with Crippen molar-refractivity contribution in [2.75, 3.05) is 97.5 Å². The summed E-state index contributed by atoms with van der Waals surface area (Å²) < 4.78 is 19.7. The van der Waals surface area contributed by atoms with E-state index in [0.29, 0.717) is 36.0 Å². The molecular formula is C80H96N28O13. The van der Waals surface area contributed by atoms with E-state index in [2.05, 4.69) is 118 Å². The number of nitrogens with zero attached hydrogens (tertiary/aromatic N) is 17. The summed E-state index contributed by atoms with van der Waals surface area (Å²) in [6.07, 6.45) is 15.7. The standard InChI is InChI=1S/C80H96N28O13/c1-47-35-55(98-106(10)80(47)120)68-91-56-40-87-54(39-57(56)108(68)48(2)49-15-12-11-13-16-49)50-21-29-107(30-22-50)32-34-121-33-28-81-64(109)18-24-85-77(117)71-96-63(46-104(71)8)97-75(115)60-36-51(41-102(60)6)88-66(111)19-26-86-76(116)70-94-61(44-103(70)7)92-65(110)17-14-23-83-73(113)58-38-53(43-100(58)4)90-79(119)72-95-62(45-105(72)9)93-67(112)20-25-84-74(114)59-37-52(42-101(59)5)89-78(118)69-82-27-31-99(69)3/h11-13,15-16,27,31,35-46,48,50H,14,17-26,28-30,32-34H2,1-10H3,(H,81,109)(H,83,113)(H,84,114)(H,85,117)(H,86,116)(H,88,111)(H,89,118)(H,90,119)(H,92,110)(H,93,112)(H,97,115)/t48-/m0/s1. The van der Waals surface area contributed by atoms with Crippen molar-refractivity contribution in [1.82, 2.24) is 108 Å². The van der Waals surface area contributed by atoms with Gasteiger partial charge in [-0.15, -0.1) is 0 Å². The third-order valence-corrected chi connectivity index (χ3v) is 20.2. The Bertz CT molecular complexity index is 5760. The fourth-order valence-electron chi connectivity index (χ4n) is 13.9. The molecule has 0 unspecified atom stereocenters. The zero-order valence-corrected chi connectivity index (χ0v) is 68.6. The highest BCUT2D eigenvalue weighted by Gasteiger charge is 2.28. The van der Waals surface area contributed by atoms with Crippen molar-refractivity contribution in [3.05, 3.63) is 184 Å². The van der Waals surface area contributed by atoms with Gasteiger partial charge in [0, 0.05) is 188 Å². The normalized spacial score (nSPS) is 12.5. The maximum absolute atomic E-state index is 13.4. The molecule has 1 aliphatic rings. The number of fused-ring (bicyclic) bond motifs is 1. The number of imidazole rings is 5. The van der Waals surface area contributed by atoms with Gasteiger partial charge < -0.3 is 105 Å². The molecule has 0 radical (unpaired) electrons. The Morgan fingerprint density at radius 2 is 0.983 bits per heavy atom. The van der Waals surface area contributed by atoms with E-state index < -0.39 is 59.1 Å². The first-order valence-corrected chi connectivity index (χ1v) is 39.1. The quantitative estimate of drug-likeness (QED) is 0.0250. The molecule has 1 atom stereocenters. The van der Waals surface area contributed by atoms with Gasteiger partial charge in [0.05, 0.1) is 48.0 Å². The number of hydrogen-bond donors (Lipinski definition) is 11. The summed E-state index contributed by atoms with van der Waals surface area (Å²) in [5.74, 6) is -4.30. The molecule has 1 fully saturated rings. The molecule has 0 bridgehead atoms. The van der Waals surface area contributed by atoms with E-state index in [9.17, 15) is 57.5 Å². The Morgan fingerprint density at radius 3 is 1.55 bits per heavy atom. The molecule has 634 valence electrons. The largest absolute Gasteiger partial charge is 0.378 e. The monoisotopic (exact) mass is 1660 g/mol. The van der Waals surface area contributed by atoms with Crippen LogP contribution in [-0.2, 0) is 80.3 Å². The number of anilines is 6. The minimum atomic E-state index is -0.638. The van der Waals surface area contributed by atoms with Crippen molar-refractivity contribution in [2.24, 2.45) is 56.4 Å². The summed E-state index contributed by atoms with van der Waals surface area (Å²) in [5, 5.41) is 34.2. The Labute approximate surface area is 692 Å². The molecule has 1 aromatic carbocycles. The molecule has 11 aromatic rings. The predicted molar refractivity (Wildman–Crippen MR) is 444 cm³/mol. The minimum absolute atomic E-state index is 0.00171. The van der Waals surface area contributed by atoms with Crippen LogP contribution in [0.5, 0.6) is 0 Å². The van der Waals surface area contributed by atoms with Gasteiger partial charge in [-0.05, 0) is 82.1 Å². The molecule has 11 heterocycles. The number of aryl methyl sites for hydroxylation is 9. The molecule has 0 aliphatic carbocycles. The Hall–Kier alpha value is -14.5. The average Bonchev–Trinajstić information content (AvgIpc) is 1.61. The molecule has 12 rings (SSSR count). The molecule has 0 saturated carbocycles. The highest BCUT2D eigenvalue weighted by molar-refractivity contribution is 6.06. The maximum Gasteiger partial charge on any atom is 0.291 e. The van der Waals surface area contributed by atoms with Crippen LogP contribution in [0.25, 0.3) is 22.6 Å².